The highest BCUT2D eigenvalue weighted by atomic mass is 35.5. The first-order valence-electron chi connectivity index (χ1n) is 5.52. The molecule has 0 aliphatic carbocycles. The molecule has 1 aromatic carbocycles. The Morgan fingerprint density at radius 2 is 1.95 bits per heavy atom. The maximum absolute atomic E-state index is 12.5. The van der Waals surface area contributed by atoms with Gasteiger partial charge in [-0.1, -0.05) is 17.7 Å². The van der Waals surface area contributed by atoms with Crippen molar-refractivity contribution in [1.29, 1.82) is 0 Å². The zero-order chi connectivity index (χ0) is 15.6. The highest BCUT2D eigenvalue weighted by molar-refractivity contribution is 6.32. The first kappa shape index (κ1) is 15.1. The molecular weight excluding hydrogens is 311 g/mol. The maximum Gasteiger partial charge on any atom is 0.433 e. The van der Waals surface area contributed by atoms with Crippen LogP contribution < -0.4 is 4.74 Å². The molecule has 2 aromatic rings. The van der Waals surface area contributed by atoms with Gasteiger partial charge in [0.1, 0.15) is 11.4 Å². The molecule has 1 N–H and O–H groups in total. The van der Waals surface area contributed by atoms with Crippen molar-refractivity contribution < 1.29 is 27.8 Å². The van der Waals surface area contributed by atoms with Gasteiger partial charge in [0, 0.05) is 6.07 Å². The number of pyridine rings is 1. The second kappa shape index (κ2) is 5.61. The lowest BCUT2D eigenvalue weighted by Crippen LogP contribution is -2.08. The molecule has 0 unspecified atom stereocenters. The van der Waals surface area contributed by atoms with E-state index in [0.29, 0.717) is 0 Å². The zero-order valence-electron chi connectivity index (χ0n) is 10.2. The van der Waals surface area contributed by atoms with Crippen molar-refractivity contribution >= 4 is 17.6 Å². The quantitative estimate of drug-likeness (QED) is 0.919. The monoisotopic (exact) mass is 317 g/mol. The second-order valence-electron chi connectivity index (χ2n) is 3.91. The van der Waals surface area contributed by atoms with Crippen molar-refractivity contribution in [3.05, 3.63) is 52.7 Å². The zero-order valence-corrected chi connectivity index (χ0v) is 10.9. The third kappa shape index (κ3) is 3.63. The van der Waals surface area contributed by atoms with E-state index in [1.165, 1.54) is 18.2 Å². The number of hydrogen-bond donors (Lipinski definition) is 1. The second-order valence-corrected chi connectivity index (χ2v) is 4.32. The molecule has 2 rings (SSSR count). The molecule has 1 heterocycles. The Kier molecular flexibility index (Phi) is 4.04. The molecule has 110 valence electrons. The highest BCUT2D eigenvalue weighted by Gasteiger charge is 2.32. The lowest BCUT2D eigenvalue weighted by atomic mass is 10.2. The molecule has 0 bridgehead atoms. The SMILES string of the molecule is O=C(O)c1ccc(Oc2cccc(C(F)(F)F)n2)c(Cl)c1. The summed E-state index contributed by atoms with van der Waals surface area (Å²) in [4.78, 5) is 14.1. The average Bonchev–Trinajstić information content (AvgIpc) is 2.40. The Labute approximate surface area is 121 Å². The highest BCUT2D eigenvalue weighted by Crippen LogP contribution is 2.32. The molecule has 0 saturated carbocycles. The van der Waals surface area contributed by atoms with Gasteiger partial charge in [-0.15, -0.1) is 0 Å². The van der Waals surface area contributed by atoms with Crippen molar-refractivity contribution in [3.8, 4) is 11.6 Å². The molecule has 0 saturated heterocycles. The van der Waals surface area contributed by atoms with Gasteiger partial charge in [-0.2, -0.15) is 13.2 Å². The van der Waals surface area contributed by atoms with Crippen LogP contribution in [0.25, 0.3) is 0 Å². The Hall–Kier alpha value is -2.28. The number of ether oxygens (including phenoxy) is 1. The summed E-state index contributed by atoms with van der Waals surface area (Å²) in [6, 6.07) is 6.78. The van der Waals surface area contributed by atoms with E-state index in [4.69, 9.17) is 21.4 Å². The smallest absolute Gasteiger partial charge is 0.433 e. The molecule has 1 aromatic heterocycles. The molecule has 0 spiro atoms. The summed E-state index contributed by atoms with van der Waals surface area (Å²) in [7, 11) is 0. The lowest BCUT2D eigenvalue weighted by molar-refractivity contribution is -0.141. The van der Waals surface area contributed by atoms with E-state index in [2.05, 4.69) is 4.98 Å². The van der Waals surface area contributed by atoms with Gasteiger partial charge < -0.3 is 9.84 Å². The number of nitrogens with zero attached hydrogens (tertiary/aromatic N) is 1. The number of aromatic carboxylic acids is 1. The van der Waals surface area contributed by atoms with Crippen LogP contribution in [0.2, 0.25) is 5.02 Å². The molecular formula is C13H7ClF3NO3. The summed E-state index contributed by atoms with van der Waals surface area (Å²) < 4.78 is 42.7. The molecule has 0 aliphatic heterocycles. The van der Waals surface area contributed by atoms with E-state index in [1.54, 1.807) is 0 Å². The van der Waals surface area contributed by atoms with E-state index in [9.17, 15) is 18.0 Å². The number of carboxylic acid groups (broad SMARTS) is 1. The van der Waals surface area contributed by atoms with Crippen LogP contribution in [0.15, 0.2) is 36.4 Å². The summed E-state index contributed by atoms with van der Waals surface area (Å²) in [6.45, 7) is 0. The summed E-state index contributed by atoms with van der Waals surface area (Å²) in [5, 5.41) is 8.73. The normalized spacial score (nSPS) is 11.2. The molecule has 21 heavy (non-hydrogen) atoms. The molecule has 8 heteroatoms. The summed E-state index contributed by atoms with van der Waals surface area (Å²) in [5.41, 5.74) is -1.16. The first-order valence-corrected chi connectivity index (χ1v) is 5.90. The fourth-order valence-corrected chi connectivity index (χ4v) is 1.68. The summed E-state index contributed by atoms with van der Waals surface area (Å²) in [6.07, 6.45) is -4.59. The Balaban J connectivity index is 2.28. The third-order valence-electron chi connectivity index (χ3n) is 2.41. The number of hydrogen-bond acceptors (Lipinski definition) is 3. The largest absolute Gasteiger partial charge is 0.478 e. The van der Waals surface area contributed by atoms with Crippen molar-refractivity contribution in [2.24, 2.45) is 0 Å². The van der Waals surface area contributed by atoms with Crippen LogP contribution in [-0.4, -0.2) is 16.1 Å². The maximum atomic E-state index is 12.5. The number of benzene rings is 1. The molecule has 0 radical (unpaired) electrons. The molecule has 4 nitrogen and oxygen atoms in total. The van der Waals surface area contributed by atoms with Gasteiger partial charge in [-0.25, -0.2) is 9.78 Å². The molecule has 0 aliphatic rings. The van der Waals surface area contributed by atoms with Crippen molar-refractivity contribution in [2.45, 2.75) is 6.18 Å². The predicted molar refractivity (Wildman–Crippen MR) is 67.7 cm³/mol. The van der Waals surface area contributed by atoms with E-state index in [1.807, 2.05) is 0 Å². The van der Waals surface area contributed by atoms with E-state index < -0.39 is 17.8 Å². The average molecular weight is 318 g/mol. The number of carbonyl (C=O) groups is 1. The first-order chi connectivity index (χ1) is 9.77. The Morgan fingerprint density at radius 3 is 2.52 bits per heavy atom. The topological polar surface area (TPSA) is 59.4 Å². The predicted octanol–water partition coefficient (Wildman–Crippen LogP) is 4.24. The van der Waals surface area contributed by atoms with Gasteiger partial charge in [-0.05, 0) is 24.3 Å². The van der Waals surface area contributed by atoms with E-state index in [-0.39, 0.29) is 22.2 Å². The van der Waals surface area contributed by atoms with Crippen LogP contribution in [0.4, 0.5) is 13.2 Å². The summed E-state index contributed by atoms with van der Waals surface area (Å²) >= 11 is 5.81. The van der Waals surface area contributed by atoms with Crippen LogP contribution in [0.5, 0.6) is 11.6 Å². The van der Waals surface area contributed by atoms with Crippen molar-refractivity contribution in [3.63, 3.8) is 0 Å². The van der Waals surface area contributed by atoms with Gasteiger partial charge in [0.2, 0.25) is 5.88 Å². The standard InChI is InChI=1S/C13H7ClF3NO3/c14-8-6-7(12(19)20)4-5-9(8)21-11-3-1-2-10(18-11)13(15,16)17/h1-6H,(H,19,20). The number of aromatic nitrogens is 1. The minimum absolute atomic E-state index is 0.00786. The minimum atomic E-state index is -4.59. The van der Waals surface area contributed by atoms with Crippen LogP contribution >= 0.6 is 11.6 Å². The van der Waals surface area contributed by atoms with Crippen LogP contribution in [0, 0.1) is 0 Å². The fraction of sp³-hybridized carbons (Fsp3) is 0.0769. The minimum Gasteiger partial charge on any atom is -0.478 e. The van der Waals surface area contributed by atoms with Gasteiger partial charge in [0.15, 0.2) is 0 Å². The van der Waals surface area contributed by atoms with Gasteiger partial charge in [0.25, 0.3) is 0 Å². The fourth-order valence-electron chi connectivity index (χ4n) is 1.46. The number of carboxylic acids is 1. The van der Waals surface area contributed by atoms with Crippen LogP contribution in [0.1, 0.15) is 16.1 Å². The lowest BCUT2D eigenvalue weighted by Gasteiger charge is -2.10. The molecule has 0 fully saturated rings. The number of rotatable bonds is 3. The van der Waals surface area contributed by atoms with Gasteiger partial charge >= 0.3 is 12.1 Å². The van der Waals surface area contributed by atoms with Crippen molar-refractivity contribution in [2.75, 3.05) is 0 Å². The van der Waals surface area contributed by atoms with E-state index >= 15 is 0 Å². The molecule has 0 amide bonds. The Morgan fingerprint density at radius 1 is 1.24 bits per heavy atom. The van der Waals surface area contributed by atoms with E-state index in [0.717, 1.165) is 18.2 Å². The Bertz CT molecular complexity index is 689. The summed E-state index contributed by atoms with van der Waals surface area (Å²) in [5.74, 6) is -1.47. The van der Waals surface area contributed by atoms with Crippen LogP contribution in [0.3, 0.4) is 0 Å². The molecule has 0 atom stereocenters. The van der Waals surface area contributed by atoms with Gasteiger partial charge in [-0.3, -0.25) is 0 Å². The third-order valence-corrected chi connectivity index (χ3v) is 2.70. The number of alkyl halides is 3. The van der Waals surface area contributed by atoms with Crippen LogP contribution in [-0.2, 0) is 6.18 Å². The van der Waals surface area contributed by atoms with Crippen molar-refractivity contribution in [1.82, 2.24) is 4.98 Å². The van der Waals surface area contributed by atoms with Gasteiger partial charge in [0.05, 0.1) is 10.6 Å². The number of halogens is 4.